The van der Waals surface area contributed by atoms with Crippen molar-refractivity contribution in [2.45, 2.75) is 25.3 Å². The fraction of sp³-hybridized carbons (Fsp3) is 0.385. The number of carbonyl (C=O) groups is 1. The minimum absolute atomic E-state index is 0.379. The van der Waals surface area contributed by atoms with Crippen molar-refractivity contribution in [3.05, 3.63) is 28.4 Å². The molecule has 3 rings (SSSR count). The van der Waals surface area contributed by atoms with Crippen LogP contribution in [0.3, 0.4) is 0 Å². The molecule has 0 radical (unpaired) electrons. The van der Waals surface area contributed by atoms with E-state index in [4.69, 9.17) is 4.74 Å². The van der Waals surface area contributed by atoms with Crippen LogP contribution in [0.1, 0.15) is 35.8 Å². The number of hydrogen-bond acceptors (Lipinski definition) is 3. The summed E-state index contributed by atoms with van der Waals surface area (Å²) in [7, 11) is 1.38. The Hall–Kier alpha value is -1.36. The smallest absolute Gasteiger partial charge is 0.359 e. The van der Waals surface area contributed by atoms with Crippen molar-refractivity contribution in [3.63, 3.8) is 0 Å². The van der Waals surface area contributed by atoms with Crippen molar-refractivity contribution in [2.75, 3.05) is 7.11 Å². The number of carbonyl (C=O) groups excluding carboxylic acids is 1. The third kappa shape index (κ3) is 1.73. The maximum atomic E-state index is 11.8. The number of aromatic nitrogens is 2. The maximum absolute atomic E-state index is 11.8. The molecule has 0 amide bonds. The number of benzene rings is 1. The van der Waals surface area contributed by atoms with Crippen LogP contribution in [-0.4, -0.2) is 22.9 Å². The van der Waals surface area contributed by atoms with E-state index in [1.165, 1.54) is 13.5 Å². The molecule has 0 spiro atoms. The fourth-order valence-corrected chi connectivity index (χ4v) is 2.63. The van der Waals surface area contributed by atoms with Crippen LogP contribution >= 0.6 is 15.9 Å². The van der Waals surface area contributed by atoms with E-state index < -0.39 is 0 Å². The summed E-state index contributed by atoms with van der Waals surface area (Å²) in [5.41, 5.74) is 1.41. The predicted octanol–water partition coefficient (Wildman–Crippen LogP) is 3.31. The van der Waals surface area contributed by atoms with Crippen LogP contribution in [0.15, 0.2) is 22.7 Å². The van der Waals surface area contributed by atoms with Gasteiger partial charge in [0.2, 0.25) is 0 Å². The first-order chi connectivity index (χ1) is 8.70. The van der Waals surface area contributed by atoms with E-state index in [-0.39, 0.29) is 5.97 Å². The van der Waals surface area contributed by atoms with Gasteiger partial charge in [-0.25, -0.2) is 4.79 Å². The van der Waals surface area contributed by atoms with Crippen molar-refractivity contribution in [3.8, 4) is 0 Å². The summed E-state index contributed by atoms with van der Waals surface area (Å²) in [6.07, 6.45) is 3.50. The molecule has 0 atom stereocenters. The lowest BCUT2D eigenvalue weighted by Crippen LogP contribution is -2.18. The molecule has 5 heteroatoms. The van der Waals surface area contributed by atoms with Gasteiger partial charge in [-0.05, 0) is 37.5 Å². The monoisotopic (exact) mass is 308 g/mol. The molecule has 0 N–H and O–H groups in total. The molecule has 1 aliphatic rings. The lowest BCUT2D eigenvalue weighted by atomic mass is 9.93. The number of rotatable bonds is 2. The van der Waals surface area contributed by atoms with Gasteiger partial charge in [0.25, 0.3) is 0 Å². The van der Waals surface area contributed by atoms with Crippen molar-refractivity contribution < 1.29 is 9.53 Å². The Morgan fingerprint density at radius 1 is 1.50 bits per heavy atom. The Morgan fingerprint density at radius 2 is 2.28 bits per heavy atom. The molecule has 0 aliphatic heterocycles. The highest BCUT2D eigenvalue weighted by molar-refractivity contribution is 9.10. The van der Waals surface area contributed by atoms with Crippen LogP contribution in [0, 0.1) is 0 Å². The third-order valence-electron chi connectivity index (χ3n) is 3.47. The minimum atomic E-state index is -0.379. The Balaban J connectivity index is 2.21. The van der Waals surface area contributed by atoms with Crippen LogP contribution in [0.4, 0.5) is 0 Å². The Morgan fingerprint density at radius 3 is 2.89 bits per heavy atom. The van der Waals surface area contributed by atoms with Crippen LogP contribution in [0.2, 0.25) is 0 Å². The molecule has 1 aliphatic carbocycles. The largest absolute Gasteiger partial charge is 0.464 e. The Bertz CT molecular complexity index is 617. The summed E-state index contributed by atoms with van der Waals surface area (Å²) < 4.78 is 7.71. The second kappa shape index (κ2) is 4.39. The highest BCUT2D eigenvalue weighted by atomic mass is 79.9. The molecule has 1 fully saturated rings. The van der Waals surface area contributed by atoms with Crippen LogP contribution in [0.5, 0.6) is 0 Å². The first-order valence-electron chi connectivity index (χ1n) is 5.97. The van der Waals surface area contributed by atoms with E-state index in [1.807, 2.05) is 22.9 Å². The second-order valence-corrected chi connectivity index (χ2v) is 5.45. The molecule has 1 aromatic carbocycles. The van der Waals surface area contributed by atoms with E-state index in [0.29, 0.717) is 11.7 Å². The van der Waals surface area contributed by atoms with E-state index in [2.05, 4.69) is 21.0 Å². The van der Waals surface area contributed by atoms with Gasteiger partial charge in [0.05, 0.1) is 18.7 Å². The summed E-state index contributed by atoms with van der Waals surface area (Å²) in [6.45, 7) is 0. The summed E-state index contributed by atoms with van der Waals surface area (Å²) in [4.78, 5) is 11.8. The number of nitrogens with zero attached hydrogens (tertiary/aromatic N) is 2. The lowest BCUT2D eigenvalue weighted by molar-refractivity contribution is 0.0594. The van der Waals surface area contributed by atoms with E-state index in [1.54, 1.807) is 0 Å². The molecule has 0 unspecified atom stereocenters. The molecular weight excluding hydrogens is 296 g/mol. The zero-order chi connectivity index (χ0) is 12.7. The standard InChI is InChI=1S/C13H13BrN2O2/c1-18-13(17)12-10-7-8(14)5-6-11(10)16(15-12)9-3-2-4-9/h5-7,9H,2-4H2,1H3. The number of hydrogen-bond donors (Lipinski definition) is 0. The predicted molar refractivity (Wildman–Crippen MR) is 71.7 cm³/mol. The Labute approximate surface area is 113 Å². The van der Waals surface area contributed by atoms with Crippen molar-refractivity contribution in [1.82, 2.24) is 9.78 Å². The number of halogens is 1. The summed E-state index contributed by atoms with van der Waals surface area (Å²) in [5.74, 6) is -0.379. The van der Waals surface area contributed by atoms with Gasteiger partial charge in [-0.3, -0.25) is 4.68 Å². The second-order valence-electron chi connectivity index (χ2n) is 4.53. The highest BCUT2D eigenvalue weighted by Crippen LogP contribution is 2.35. The van der Waals surface area contributed by atoms with E-state index in [0.717, 1.165) is 28.2 Å². The quantitative estimate of drug-likeness (QED) is 0.799. The number of ether oxygens (including phenoxy) is 1. The van der Waals surface area contributed by atoms with E-state index in [9.17, 15) is 4.79 Å². The van der Waals surface area contributed by atoms with E-state index >= 15 is 0 Å². The van der Waals surface area contributed by atoms with Gasteiger partial charge >= 0.3 is 5.97 Å². The first kappa shape index (κ1) is 11.7. The van der Waals surface area contributed by atoms with Crippen LogP contribution in [0.25, 0.3) is 10.9 Å². The third-order valence-corrected chi connectivity index (χ3v) is 3.96. The van der Waals surface area contributed by atoms with Gasteiger partial charge in [0.15, 0.2) is 5.69 Å². The van der Waals surface area contributed by atoms with Crippen molar-refractivity contribution in [2.24, 2.45) is 0 Å². The molecule has 18 heavy (non-hydrogen) atoms. The lowest BCUT2D eigenvalue weighted by Gasteiger charge is -2.26. The molecule has 1 heterocycles. The van der Waals surface area contributed by atoms with Crippen LogP contribution in [-0.2, 0) is 4.74 Å². The van der Waals surface area contributed by atoms with Gasteiger partial charge in [-0.1, -0.05) is 15.9 Å². The number of methoxy groups -OCH3 is 1. The SMILES string of the molecule is COC(=O)c1nn(C2CCC2)c2ccc(Br)cc12. The fourth-order valence-electron chi connectivity index (χ4n) is 2.27. The molecule has 2 aromatic rings. The number of fused-ring (bicyclic) bond motifs is 1. The molecule has 0 saturated heterocycles. The topological polar surface area (TPSA) is 44.1 Å². The summed E-state index contributed by atoms with van der Waals surface area (Å²) in [6, 6.07) is 6.31. The molecule has 0 bridgehead atoms. The highest BCUT2D eigenvalue weighted by Gasteiger charge is 2.25. The summed E-state index contributed by atoms with van der Waals surface area (Å²) >= 11 is 3.43. The Kier molecular flexibility index (Phi) is 2.86. The van der Waals surface area contributed by atoms with Gasteiger partial charge in [0.1, 0.15) is 0 Å². The van der Waals surface area contributed by atoms with Crippen LogP contribution < -0.4 is 0 Å². The molecule has 1 aromatic heterocycles. The van der Waals surface area contributed by atoms with Gasteiger partial charge in [-0.15, -0.1) is 0 Å². The minimum Gasteiger partial charge on any atom is -0.464 e. The average molecular weight is 309 g/mol. The molecule has 1 saturated carbocycles. The summed E-state index contributed by atoms with van der Waals surface area (Å²) in [5, 5.41) is 5.29. The zero-order valence-electron chi connectivity index (χ0n) is 10.0. The van der Waals surface area contributed by atoms with Crippen molar-refractivity contribution in [1.29, 1.82) is 0 Å². The zero-order valence-corrected chi connectivity index (χ0v) is 11.6. The first-order valence-corrected chi connectivity index (χ1v) is 6.76. The average Bonchev–Trinajstić information content (AvgIpc) is 2.65. The maximum Gasteiger partial charge on any atom is 0.359 e. The van der Waals surface area contributed by atoms with Gasteiger partial charge in [-0.2, -0.15) is 5.10 Å². The molecule has 4 nitrogen and oxygen atoms in total. The van der Waals surface area contributed by atoms with Gasteiger partial charge in [0, 0.05) is 9.86 Å². The molecule has 94 valence electrons. The number of esters is 1. The van der Waals surface area contributed by atoms with Gasteiger partial charge < -0.3 is 4.74 Å². The molecular formula is C13H13BrN2O2. The van der Waals surface area contributed by atoms with Crippen molar-refractivity contribution >= 4 is 32.8 Å². The normalized spacial score (nSPS) is 15.7.